The number of benzene rings is 4. The summed E-state index contributed by atoms with van der Waals surface area (Å²) in [5.41, 5.74) is 5.44. The summed E-state index contributed by atoms with van der Waals surface area (Å²) in [6.45, 7) is 2.79. The predicted octanol–water partition coefficient (Wildman–Crippen LogP) is 6.19. The van der Waals surface area contributed by atoms with Gasteiger partial charge in [0, 0.05) is 11.8 Å². The van der Waals surface area contributed by atoms with Crippen molar-refractivity contribution >= 4 is 29.5 Å². The molecular formula is C32H27N2P. The Bertz CT molecular complexity index is 1320. The number of aliphatic imine (C=N–C) groups is 1. The van der Waals surface area contributed by atoms with Gasteiger partial charge in [0.05, 0.1) is 18.0 Å². The zero-order valence-corrected chi connectivity index (χ0v) is 20.6. The van der Waals surface area contributed by atoms with Crippen molar-refractivity contribution in [1.29, 1.82) is 0 Å². The highest BCUT2D eigenvalue weighted by molar-refractivity contribution is 7.79. The molecule has 0 aliphatic carbocycles. The predicted molar refractivity (Wildman–Crippen MR) is 150 cm³/mol. The van der Waals surface area contributed by atoms with E-state index in [0.29, 0.717) is 6.54 Å². The van der Waals surface area contributed by atoms with Gasteiger partial charge < -0.3 is 0 Å². The number of rotatable bonds is 7. The lowest BCUT2D eigenvalue weighted by Gasteiger charge is -2.23. The van der Waals surface area contributed by atoms with Crippen LogP contribution < -0.4 is 15.9 Å². The smallest absolute Gasteiger partial charge is 0.0907 e. The van der Waals surface area contributed by atoms with Gasteiger partial charge in [-0.2, -0.15) is 0 Å². The first kappa shape index (κ1) is 22.9. The van der Waals surface area contributed by atoms with Gasteiger partial charge in [0.25, 0.3) is 0 Å². The molecular weight excluding hydrogens is 443 g/mol. The molecule has 0 bridgehead atoms. The molecule has 5 aromatic rings. The maximum atomic E-state index is 5.19. The van der Waals surface area contributed by atoms with E-state index in [1.807, 2.05) is 30.5 Å². The summed E-state index contributed by atoms with van der Waals surface area (Å²) in [5.74, 6) is 0. The van der Waals surface area contributed by atoms with Crippen molar-refractivity contribution in [2.75, 3.05) is 0 Å². The van der Waals surface area contributed by atoms with E-state index in [-0.39, 0.29) is 0 Å². The van der Waals surface area contributed by atoms with Crippen LogP contribution in [-0.2, 0) is 6.54 Å². The van der Waals surface area contributed by atoms with Gasteiger partial charge in [0.2, 0.25) is 0 Å². The van der Waals surface area contributed by atoms with Crippen LogP contribution in [0.25, 0.3) is 0 Å². The second-order valence-electron chi connectivity index (χ2n) is 8.32. The summed E-state index contributed by atoms with van der Waals surface area (Å²) < 4.78 is 0. The van der Waals surface area contributed by atoms with E-state index >= 15 is 0 Å². The quantitative estimate of drug-likeness (QED) is 0.206. The van der Waals surface area contributed by atoms with Gasteiger partial charge in [-0.05, 0) is 54.0 Å². The SMILES string of the molecule is Cc1cccc(P(c2ccccc2)c2ccccc2)c1CN=C(c1ccccc1)c1ccccn1. The Morgan fingerprint density at radius 1 is 0.657 bits per heavy atom. The van der Waals surface area contributed by atoms with Gasteiger partial charge in [-0.1, -0.05) is 115 Å². The van der Waals surface area contributed by atoms with Crippen molar-refractivity contribution in [3.8, 4) is 0 Å². The Balaban J connectivity index is 1.63. The van der Waals surface area contributed by atoms with E-state index in [9.17, 15) is 0 Å². The second kappa shape index (κ2) is 11.0. The van der Waals surface area contributed by atoms with Crippen molar-refractivity contribution < 1.29 is 0 Å². The lowest BCUT2D eigenvalue weighted by Crippen LogP contribution is -2.24. The van der Waals surface area contributed by atoms with Gasteiger partial charge in [0.15, 0.2) is 0 Å². The summed E-state index contributed by atoms with van der Waals surface area (Å²) in [5, 5.41) is 4.05. The summed E-state index contributed by atoms with van der Waals surface area (Å²) in [7, 11) is -0.707. The molecule has 2 nitrogen and oxygen atoms in total. The molecule has 0 amide bonds. The zero-order chi connectivity index (χ0) is 23.9. The van der Waals surface area contributed by atoms with E-state index in [1.165, 1.54) is 27.0 Å². The third kappa shape index (κ3) is 5.29. The van der Waals surface area contributed by atoms with E-state index < -0.39 is 7.92 Å². The van der Waals surface area contributed by atoms with Gasteiger partial charge in [0.1, 0.15) is 0 Å². The monoisotopic (exact) mass is 470 g/mol. The van der Waals surface area contributed by atoms with Crippen LogP contribution in [0.5, 0.6) is 0 Å². The van der Waals surface area contributed by atoms with Crippen LogP contribution >= 0.6 is 7.92 Å². The molecule has 4 aromatic carbocycles. The van der Waals surface area contributed by atoms with Crippen molar-refractivity contribution in [3.63, 3.8) is 0 Å². The molecule has 0 saturated carbocycles. The highest BCUT2D eigenvalue weighted by atomic mass is 31.1. The average Bonchev–Trinajstić information content (AvgIpc) is 2.93. The van der Waals surface area contributed by atoms with Crippen LogP contribution in [0.1, 0.15) is 22.4 Å². The largest absolute Gasteiger partial charge is 0.278 e. The minimum absolute atomic E-state index is 0.599. The van der Waals surface area contributed by atoms with Crippen LogP contribution in [0, 0.1) is 6.92 Å². The molecule has 0 atom stereocenters. The maximum Gasteiger partial charge on any atom is 0.0907 e. The lowest BCUT2D eigenvalue weighted by atomic mass is 10.1. The molecule has 0 aliphatic rings. The van der Waals surface area contributed by atoms with E-state index in [4.69, 9.17) is 4.99 Å². The fraction of sp³-hybridized carbons (Fsp3) is 0.0625. The Kier molecular flexibility index (Phi) is 7.22. The number of hydrogen-bond acceptors (Lipinski definition) is 2. The summed E-state index contributed by atoms with van der Waals surface area (Å²) in [6, 6.07) is 44.7. The molecule has 0 unspecified atom stereocenters. The Morgan fingerprint density at radius 2 is 1.26 bits per heavy atom. The molecule has 5 rings (SSSR count). The molecule has 35 heavy (non-hydrogen) atoms. The van der Waals surface area contributed by atoms with Gasteiger partial charge in [-0.25, -0.2) is 0 Å². The first-order valence-corrected chi connectivity index (χ1v) is 13.2. The Morgan fingerprint density at radius 3 is 1.86 bits per heavy atom. The Hall–Kier alpha value is -3.87. The maximum absolute atomic E-state index is 5.19. The third-order valence-electron chi connectivity index (χ3n) is 6.01. The molecule has 1 aromatic heterocycles. The van der Waals surface area contributed by atoms with Crippen molar-refractivity contribution in [2.45, 2.75) is 13.5 Å². The summed E-state index contributed by atoms with van der Waals surface area (Å²) in [4.78, 5) is 9.81. The van der Waals surface area contributed by atoms with E-state index in [1.54, 1.807) is 0 Å². The standard InChI is InChI=1S/C32H27N2P/c1-25-14-13-22-31(35(27-17-7-3-8-18-27)28-19-9-4-10-20-28)29(25)24-34-32(26-15-5-2-6-16-26)30-21-11-12-23-33-30/h2-23H,24H2,1H3. The molecule has 0 N–H and O–H groups in total. The summed E-state index contributed by atoms with van der Waals surface area (Å²) >= 11 is 0. The van der Waals surface area contributed by atoms with Crippen molar-refractivity contribution in [3.05, 3.63) is 156 Å². The number of nitrogens with zero attached hydrogens (tertiary/aromatic N) is 2. The van der Waals surface area contributed by atoms with Crippen molar-refractivity contribution in [2.24, 2.45) is 4.99 Å². The zero-order valence-electron chi connectivity index (χ0n) is 19.8. The number of aromatic nitrogens is 1. The van der Waals surface area contributed by atoms with Gasteiger partial charge >= 0.3 is 0 Å². The third-order valence-corrected chi connectivity index (χ3v) is 8.54. The highest BCUT2D eigenvalue weighted by Crippen LogP contribution is 2.35. The molecule has 3 heteroatoms. The molecule has 0 spiro atoms. The fourth-order valence-corrected chi connectivity index (χ4v) is 6.81. The number of aryl methyl sites for hydroxylation is 1. The van der Waals surface area contributed by atoms with Crippen LogP contribution in [0.15, 0.2) is 139 Å². The molecule has 0 saturated heterocycles. The highest BCUT2D eigenvalue weighted by Gasteiger charge is 2.20. The molecule has 0 radical (unpaired) electrons. The lowest BCUT2D eigenvalue weighted by molar-refractivity contribution is 1.05. The molecule has 0 aliphatic heterocycles. The minimum atomic E-state index is -0.707. The molecule has 170 valence electrons. The topological polar surface area (TPSA) is 25.2 Å². The fourth-order valence-electron chi connectivity index (χ4n) is 4.26. The first-order chi connectivity index (χ1) is 17.3. The normalized spacial score (nSPS) is 11.5. The van der Waals surface area contributed by atoms with Crippen LogP contribution in [-0.4, -0.2) is 10.7 Å². The van der Waals surface area contributed by atoms with Crippen LogP contribution in [0.2, 0.25) is 0 Å². The van der Waals surface area contributed by atoms with Crippen molar-refractivity contribution in [1.82, 2.24) is 4.98 Å². The van der Waals surface area contributed by atoms with Crippen LogP contribution in [0.4, 0.5) is 0 Å². The molecule has 1 heterocycles. The van der Waals surface area contributed by atoms with Crippen LogP contribution in [0.3, 0.4) is 0 Å². The summed E-state index contributed by atoms with van der Waals surface area (Å²) in [6.07, 6.45) is 1.83. The first-order valence-electron chi connectivity index (χ1n) is 11.8. The Labute approximate surface area is 208 Å². The van der Waals surface area contributed by atoms with Gasteiger partial charge in [-0.3, -0.25) is 9.98 Å². The molecule has 0 fully saturated rings. The van der Waals surface area contributed by atoms with E-state index in [0.717, 1.165) is 17.0 Å². The number of pyridine rings is 1. The minimum Gasteiger partial charge on any atom is -0.278 e. The average molecular weight is 471 g/mol. The second-order valence-corrected chi connectivity index (χ2v) is 10.5. The van der Waals surface area contributed by atoms with Gasteiger partial charge in [-0.15, -0.1) is 0 Å². The van der Waals surface area contributed by atoms with E-state index in [2.05, 4.69) is 115 Å². The number of hydrogen-bond donors (Lipinski definition) is 0.